The van der Waals surface area contributed by atoms with Crippen molar-refractivity contribution in [1.29, 1.82) is 0 Å². The molecule has 7 heteroatoms. The first kappa shape index (κ1) is 332. The van der Waals surface area contributed by atoms with Crippen LogP contribution < -0.4 is 18.9 Å². The molecule has 5 nitrogen and oxygen atoms in total. The van der Waals surface area contributed by atoms with Gasteiger partial charge in [0.05, 0.1) is 0 Å². The van der Waals surface area contributed by atoms with E-state index in [4.69, 9.17) is 0 Å². The molecule has 0 radical (unpaired) electrons. The van der Waals surface area contributed by atoms with Crippen LogP contribution in [0.4, 0.5) is 0 Å². The molecule has 0 unspecified atom stereocenters. The average molecular weight is 141 g/mol. The molecular formula is H6LiO5Ti-3. The predicted octanol–water partition coefficient (Wildman–Crippen LogP) is -4.53. The van der Waals surface area contributed by atoms with Crippen molar-refractivity contribution in [2.45, 2.75) is 0 Å². The zero-order valence-electron chi connectivity index (χ0n) is 3.79. The number of hydrogen-bond acceptors (Lipinski definition) is 4. The van der Waals surface area contributed by atoms with Gasteiger partial charge in [0, 0.05) is 21.7 Å². The number of rotatable bonds is 0. The minimum Gasteiger partial charge on any atom is -0.870 e. The van der Waals surface area contributed by atoms with Crippen molar-refractivity contribution in [2.24, 2.45) is 0 Å². The van der Waals surface area contributed by atoms with Crippen molar-refractivity contribution in [3.8, 4) is 0 Å². The van der Waals surface area contributed by atoms with E-state index in [2.05, 4.69) is 0 Å². The van der Waals surface area contributed by atoms with Crippen molar-refractivity contribution in [2.75, 3.05) is 0 Å². The third-order valence-electron chi connectivity index (χ3n) is 0. The van der Waals surface area contributed by atoms with Crippen LogP contribution in [-0.2, 0) is 21.7 Å². The molecule has 0 aliphatic carbocycles. The fourth-order valence-corrected chi connectivity index (χ4v) is 0. The van der Waals surface area contributed by atoms with Crippen LogP contribution in [0, 0.1) is 0 Å². The summed E-state index contributed by atoms with van der Waals surface area (Å²) in [4.78, 5) is 0. The van der Waals surface area contributed by atoms with Gasteiger partial charge in [0.2, 0.25) is 0 Å². The summed E-state index contributed by atoms with van der Waals surface area (Å²) in [7, 11) is 0. The van der Waals surface area contributed by atoms with E-state index in [0.717, 1.165) is 0 Å². The first-order valence-electron chi connectivity index (χ1n) is 0. The second kappa shape index (κ2) is 215. The summed E-state index contributed by atoms with van der Waals surface area (Å²) in [5.74, 6) is 0. The third-order valence-corrected chi connectivity index (χ3v) is 0. The van der Waals surface area contributed by atoms with Gasteiger partial charge in [-0.2, -0.15) is 0 Å². The van der Waals surface area contributed by atoms with Crippen LogP contribution >= 0.6 is 0 Å². The molecular weight excluding hydrogens is 135 g/mol. The molecule has 0 aliphatic heterocycles. The molecule has 44 valence electrons. The summed E-state index contributed by atoms with van der Waals surface area (Å²) < 4.78 is 0. The summed E-state index contributed by atoms with van der Waals surface area (Å²) in [5.41, 5.74) is 0. The van der Waals surface area contributed by atoms with Crippen molar-refractivity contribution in [3.63, 3.8) is 0 Å². The molecule has 0 bridgehead atoms. The molecule has 0 aromatic heterocycles. The van der Waals surface area contributed by atoms with E-state index in [0.29, 0.717) is 0 Å². The van der Waals surface area contributed by atoms with Crippen molar-refractivity contribution < 1.29 is 68.0 Å². The normalized spacial score (nSPS) is 0. The fraction of sp³-hybridized carbons (Fsp3) is 0. The predicted molar refractivity (Wildman–Crippen MR) is 11.4 cm³/mol. The minimum absolute atomic E-state index is 0. The second-order valence-electron chi connectivity index (χ2n) is 0. The largest absolute Gasteiger partial charge is 1.00 e. The van der Waals surface area contributed by atoms with Gasteiger partial charge in [0.15, 0.2) is 0 Å². The van der Waals surface area contributed by atoms with Crippen LogP contribution in [0.5, 0.6) is 0 Å². The summed E-state index contributed by atoms with van der Waals surface area (Å²) in [6, 6.07) is 0. The van der Waals surface area contributed by atoms with E-state index in [1.165, 1.54) is 0 Å². The first-order valence-corrected chi connectivity index (χ1v) is 0. The van der Waals surface area contributed by atoms with Crippen LogP contribution in [0.3, 0.4) is 0 Å². The van der Waals surface area contributed by atoms with Crippen molar-refractivity contribution in [1.82, 2.24) is 0 Å². The molecule has 0 amide bonds. The van der Waals surface area contributed by atoms with E-state index in [-0.39, 0.29) is 68.0 Å². The standard InChI is InChI=1S/Li.5H2O.Ti/h;5*1H2;/q+1;;;;;;/p-4. The van der Waals surface area contributed by atoms with Gasteiger partial charge in [-0.25, -0.2) is 0 Å². The Morgan fingerprint density at radius 3 is 0.571 bits per heavy atom. The van der Waals surface area contributed by atoms with Gasteiger partial charge < -0.3 is 27.4 Å². The van der Waals surface area contributed by atoms with Gasteiger partial charge >= 0.3 is 18.9 Å². The summed E-state index contributed by atoms with van der Waals surface area (Å²) >= 11 is 0. The second-order valence-corrected chi connectivity index (χ2v) is 0. The Hall–Kier alpha value is 1.11. The quantitative estimate of drug-likeness (QED) is 0.311. The molecule has 0 spiro atoms. The molecule has 0 rings (SSSR count). The minimum atomic E-state index is 0. The Morgan fingerprint density at radius 1 is 0.571 bits per heavy atom. The molecule has 0 heterocycles. The van der Waals surface area contributed by atoms with Crippen molar-refractivity contribution >= 4 is 0 Å². The summed E-state index contributed by atoms with van der Waals surface area (Å²) in [5, 5.41) is 0. The van der Waals surface area contributed by atoms with Gasteiger partial charge in [-0.05, 0) is 0 Å². The van der Waals surface area contributed by atoms with E-state index >= 15 is 0 Å². The van der Waals surface area contributed by atoms with Gasteiger partial charge in [-0.1, -0.05) is 0 Å². The Bertz CT molecular complexity index is 8.04. The maximum Gasteiger partial charge on any atom is 1.00 e. The molecule has 6 N–H and O–H groups in total. The number of hydrogen-bond donors (Lipinski definition) is 0. The van der Waals surface area contributed by atoms with E-state index < -0.39 is 0 Å². The summed E-state index contributed by atoms with van der Waals surface area (Å²) in [6.45, 7) is 0. The van der Waals surface area contributed by atoms with Crippen LogP contribution in [-0.4, -0.2) is 27.4 Å². The smallest absolute Gasteiger partial charge is 0.870 e. The topological polar surface area (TPSA) is 152 Å². The average Bonchev–Trinajstić information content (AvgIpc) is 0. The Kier molecular flexibility index (Phi) is 10200. The van der Waals surface area contributed by atoms with Crippen LogP contribution in [0.2, 0.25) is 0 Å². The maximum absolute atomic E-state index is 0. The zero-order valence-corrected chi connectivity index (χ0v) is 5.35. The molecule has 7 heavy (non-hydrogen) atoms. The molecule has 0 aliphatic rings. The molecule has 0 aromatic rings. The van der Waals surface area contributed by atoms with Gasteiger partial charge in [-0.15, -0.1) is 0 Å². The van der Waals surface area contributed by atoms with Gasteiger partial charge in [0.25, 0.3) is 0 Å². The first-order chi connectivity index (χ1) is 0. The summed E-state index contributed by atoms with van der Waals surface area (Å²) in [6.07, 6.45) is 0. The Balaban J connectivity index is 0. The molecule has 0 fully saturated rings. The van der Waals surface area contributed by atoms with E-state index in [9.17, 15) is 0 Å². The Labute approximate surface area is 68.1 Å². The Morgan fingerprint density at radius 2 is 0.571 bits per heavy atom. The maximum atomic E-state index is 0. The molecule has 0 saturated carbocycles. The SMILES string of the molecule is O.[Li+].[OH-].[OH-].[OH-].[OH-].[Ti]. The molecule has 0 saturated heterocycles. The van der Waals surface area contributed by atoms with Crippen LogP contribution in [0.25, 0.3) is 0 Å². The van der Waals surface area contributed by atoms with Crippen LogP contribution in [0.15, 0.2) is 0 Å². The van der Waals surface area contributed by atoms with Gasteiger partial charge in [-0.3, -0.25) is 0 Å². The van der Waals surface area contributed by atoms with Gasteiger partial charge in [0.1, 0.15) is 0 Å². The van der Waals surface area contributed by atoms with E-state index in [1.54, 1.807) is 0 Å². The molecule has 0 aromatic carbocycles. The molecule has 0 atom stereocenters. The van der Waals surface area contributed by atoms with Crippen molar-refractivity contribution in [3.05, 3.63) is 0 Å². The zero-order chi connectivity index (χ0) is 0. The monoisotopic (exact) mass is 141 g/mol. The van der Waals surface area contributed by atoms with E-state index in [1.807, 2.05) is 0 Å². The van der Waals surface area contributed by atoms with Crippen LogP contribution in [0.1, 0.15) is 0 Å². The fourth-order valence-electron chi connectivity index (χ4n) is 0. The third kappa shape index (κ3) is 150.